The first-order chi connectivity index (χ1) is 13.5. The van der Waals surface area contributed by atoms with Crippen LogP contribution in [-0.2, 0) is 15.5 Å². The van der Waals surface area contributed by atoms with E-state index in [2.05, 4.69) is 9.97 Å². The molecule has 1 amide bonds. The second kappa shape index (κ2) is 7.80. The summed E-state index contributed by atoms with van der Waals surface area (Å²) in [6.07, 6.45) is 1.89. The second-order valence-electron chi connectivity index (χ2n) is 6.57. The van der Waals surface area contributed by atoms with Crippen LogP contribution in [0, 0.1) is 5.82 Å². The van der Waals surface area contributed by atoms with Crippen LogP contribution in [0.1, 0.15) is 0 Å². The Hall–Kier alpha value is -2.59. The van der Waals surface area contributed by atoms with Gasteiger partial charge in [-0.1, -0.05) is 0 Å². The van der Waals surface area contributed by atoms with Crippen LogP contribution in [0.5, 0.6) is 0 Å². The molecule has 0 unspecified atom stereocenters. The largest absolute Gasteiger partial charge is 0.441 e. The molecule has 2 aromatic rings. The average Bonchev–Trinajstić information content (AvgIpc) is 3.09. The van der Waals surface area contributed by atoms with Gasteiger partial charge in [-0.25, -0.2) is 19.2 Å². The normalized spacial score (nSPS) is 20.5. The maximum absolute atomic E-state index is 14.7. The lowest BCUT2D eigenvalue weighted by atomic mass is 10.1. The standard InChI is InChI=1S/C18H19FN4O4S/c19-16-7-13(23-10-14(11-24)27-18(23)25)1-2-15(16)12-8-20-17(21-9-12)22-3-5-28(26)6-4-22/h1-2,7-9,14,24H,3-6,10-11H2/t14-/m1/s1. The van der Waals surface area contributed by atoms with Gasteiger partial charge in [-0.15, -0.1) is 0 Å². The van der Waals surface area contributed by atoms with Crippen molar-refractivity contribution in [1.29, 1.82) is 0 Å². The quantitative estimate of drug-likeness (QED) is 0.814. The van der Waals surface area contributed by atoms with Gasteiger partial charge in [0.1, 0.15) is 11.9 Å². The Morgan fingerprint density at radius 1 is 1.25 bits per heavy atom. The molecule has 4 rings (SSSR count). The highest BCUT2D eigenvalue weighted by molar-refractivity contribution is 7.85. The predicted octanol–water partition coefficient (Wildman–Crippen LogP) is 1.17. The van der Waals surface area contributed by atoms with Crippen molar-refractivity contribution >= 4 is 28.5 Å². The summed E-state index contributed by atoms with van der Waals surface area (Å²) >= 11 is 0. The molecule has 1 atom stereocenters. The molecule has 1 N–H and O–H groups in total. The maximum atomic E-state index is 14.7. The highest BCUT2D eigenvalue weighted by Gasteiger charge is 2.32. The molecular weight excluding hydrogens is 387 g/mol. The molecule has 0 bridgehead atoms. The molecule has 28 heavy (non-hydrogen) atoms. The number of benzene rings is 1. The molecule has 1 aromatic heterocycles. The van der Waals surface area contributed by atoms with E-state index in [-0.39, 0.29) is 13.2 Å². The Bertz CT molecular complexity index is 901. The van der Waals surface area contributed by atoms with E-state index < -0.39 is 28.8 Å². The van der Waals surface area contributed by atoms with E-state index in [0.717, 1.165) is 0 Å². The van der Waals surface area contributed by atoms with Crippen molar-refractivity contribution in [2.75, 3.05) is 47.5 Å². The van der Waals surface area contributed by atoms with Gasteiger partial charge in [0.2, 0.25) is 5.95 Å². The van der Waals surface area contributed by atoms with Crippen LogP contribution < -0.4 is 9.80 Å². The minimum absolute atomic E-state index is 0.173. The molecule has 1 aromatic carbocycles. The number of hydrogen-bond acceptors (Lipinski definition) is 7. The van der Waals surface area contributed by atoms with Crippen LogP contribution >= 0.6 is 0 Å². The third-order valence-electron chi connectivity index (χ3n) is 4.75. The molecule has 3 heterocycles. The third-order valence-corrected chi connectivity index (χ3v) is 6.03. The van der Waals surface area contributed by atoms with Crippen LogP contribution in [0.2, 0.25) is 0 Å². The van der Waals surface area contributed by atoms with Crippen molar-refractivity contribution in [3.8, 4) is 11.1 Å². The zero-order valence-electron chi connectivity index (χ0n) is 15.0. The average molecular weight is 406 g/mol. The number of aliphatic hydroxyl groups is 1. The molecular formula is C18H19FN4O4S. The van der Waals surface area contributed by atoms with Crippen molar-refractivity contribution < 1.29 is 23.2 Å². The number of anilines is 2. The first-order valence-electron chi connectivity index (χ1n) is 8.86. The number of nitrogens with zero attached hydrogens (tertiary/aromatic N) is 4. The van der Waals surface area contributed by atoms with Crippen LogP contribution in [0.25, 0.3) is 11.1 Å². The topological polar surface area (TPSA) is 95.9 Å². The van der Waals surface area contributed by atoms with Gasteiger partial charge in [0.05, 0.1) is 18.8 Å². The zero-order chi connectivity index (χ0) is 19.7. The molecule has 2 aliphatic rings. The fourth-order valence-corrected chi connectivity index (χ4v) is 4.25. The van der Waals surface area contributed by atoms with Crippen LogP contribution in [0.4, 0.5) is 20.8 Å². The van der Waals surface area contributed by atoms with E-state index in [1.165, 1.54) is 11.0 Å². The number of aliphatic hydroxyl groups excluding tert-OH is 1. The maximum Gasteiger partial charge on any atom is 0.414 e. The van der Waals surface area contributed by atoms with E-state index in [4.69, 9.17) is 9.84 Å². The molecule has 2 aliphatic heterocycles. The Labute approximate surface area is 163 Å². The van der Waals surface area contributed by atoms with Crippen LogP contribution in [-0.4, -0.2) is 69.2 Å². The zero-order valence-corrected chi connectivity index (χ0v) is 15.8. The molecule has 2 fully saturated rings. The minimum Gasteiger partial charge on any atom is -0.441 e. The Balaban J connectivity index is 1.52. The van der Waals surface area contributed by atoms with Gasteiger partial charge in [-0.2, -0.15) is 0 Å². The highest BCUT2D eigenvalue weighted by atomic mass is 32.2. The van der Waals surface area contributed by atoms with Gasteiger partial charge >= 0.3 is 6.09 Å². The number of halogens is 1. The van der Waals surface area contributed by atoms with E-state index in [0.29, 0.717) is 47.4 Å². The molecule has 0 spiro atoms. The Morgan fingerprint density at radius 3 is 2.57 bits per heavy atom. The van der Waals surface area contributed by atoms with E-state index in [1.807, 2.05) is 4.90 Å². The van der Waals surface area contributed by atoms with E-state index in [9.17, 15) is 13.4 Å². The fourth-order valence-electron chi connectivity index (χ4n) is 3.19. The third kappa shape index (κ3) is 3.69. The molecule has 2 saturated heterocycles. The lowest BCUT2D eigenvalue weighted by molar-refractivity contribution is 0.0963. The van der Waals surface area contributed by atoms with Crippen molar-refractivity contribution in [2.45, 2.75) is 6.10 Å². The van der Waals surface area contributed by atoms with Gasteiger partial charge in [0, 0.05) is 58.9 Å². The van der Waals surface area contributed by atoms with Crippen LogP contribution in [0.15, 0.2) is 30.6 Å². The highest BCUT2D eigenvalue weighted by Crippen LogP contribution is 2.29. The van der Waals surface area contributed by atoms with Crippen LogP contribution in [0.3, 0.4) is 0 Å². The summed E-state index contributed by atoms with van der Waals surface area (Å²) in [5.41, 5.74) is 1.20. The van der Waals surface area contributed by atoms with E-state index in [1.54, 1.807) is 24.5 Å². The summed E-state index contributed by atoms with van der Waals surface area (Å²) in [6.45, 7) is 1.16. The molecule has 10 heteroatoms. The lowest BCUT2D eigenvalue weighted by Gasteiger charge is -2.26. The van der Waals surface area contributed by atoms with Crippen molar-refractivity contribution in [2.24, 2.45) is 0 Å². The van der Waals surface area contributed by atoms with E-state index >= 15 is 0 Å². The number of cyclic esters (lactones) is 1. The smallest absolute Gasteiger partial charge is 0.414 e. The SMILES string of the molecule is O=C1O[C@@H](CO)CN1c1ccc(-c2cnc(N3CCS(=O)CC3)nc2)c(F)c1. The second-order valence-corrected chi connectivity index (χ2v) is 8.27. The minimum atomic E-state index is -0.779. The number of ether oxygens (including phenoxy) is 1. The number of amides is 1. The molecule has 0 saturated carbocycles. The van der Waals surface area contributed by atoms with Gasteiger partial charge in [-0.05, 0) is 18.2 Å². The summed E-state index contributed by atoms with van der Waals surface area (Å²) in [4.78, 5) is 23.7. The van der Waals surface area contributed by atoms with Gasteiger partial charge in [0.25, 0.3) is 0 Å². The van der Waals surface area contributed by atoms with Crippen molar-refractivity contribution in [3.63, 3.8) is 0 Å². The molecule has 0 radical (unpaired) electrons. The number of carbonyl (C=O) groups is 1. The summed E-state index contributed by atoms with van der Waals surface area (Å²) in [5.74, 6) is 1.21. The molecule has 8 nitrogen and oxygen atoms in total. The molecule has 148 valence electrons. The first kappa shape index (κ1) is 18.8. The van der Waals surface area contributed by atoms with Gasteiger partial charge in [-0.3, -0.25) is 9.11 Å². The summed E-state index contributed by atoms with van der Waals surface area (Å²) in [6, 6.07) is 4.43. The summed E-state index contributed by atoms with van der Waals surface area (Å²) in [7, 11) is -0.779. The predicted molar refractivity (Wildman–Crippen MR) is 102 cm³/mol. The number of aromatic nitrogens is 2. The fraction of sp³-hybridized carbons (Fsp3) is 0.389. The Morgan fingerprint density at radius 2 is 1.96 bits per heavy atom. The summed E-state index contributed by atoms with van der Waals surface area (Å²) < 4.78 is 31.1. The molecule has 0 aliphatic carbocycles. The number of rotatable bonds is 4. The number of carbonyl (C=O) groups excluding carboxylic acids is 1. The van der Waals surface area contributed by atoms with Gasteiger partial charge in [0.15, 0.2) is 0 Å². The monoisotopic (exact) mass is 406 g/mol. The van der Waals surface area contributed by atoms with Gasteiger partial charge < -0.3 is 14.7 Å². The van der Waals surface area contributed by atoms with Crippen molar-refractivity contribution in [1.82, 2.24) is 9.97 Å². The Kier molecular flexibility index (Phi) is 5.23. The first-order valence-corrected chi connectivity index (χ1v) is 10.3. The lowest BCUT2D eigenvalue weighted by Crippen LogP contribution is -2.38. The number of hydrogen-bond donors (Lipinski definition) is 1. The summed E-state index contributed by atoms with van der Waals surface area (Å²) in [5, 5.41) is 9.11. The van der Waals surface area contributed by atoms with Crippen molar-refractivity contribution in [3.05, 3.63) is 36.4 Å².